The Hall–Kier alpha value is -1.85. The molecule has 3 unspecified atom stereocenters. The van der Waals surface area contributed by atoms with Gasteiger partial charge in [0.1, 0.15) is 0 Å². The lowest BCUT2D eigenvalue weighted by Crippen LogP contribution is -2.49. The van der Waals surface area contributed by atoms with Crippen LogP contribution in [0, 0.1) is 0 Å². The quantitative estimate of drug-likeness (QED) is 0.894. The van der Waals surface area contributed by atoms with Gasteiger partial charge in [0, 0.05) is 23.3 Å². The minimum absolute atomic E-state index is 0.0170. The highest BCUT2D eigenvalue weighted by molar-refractivity contribution is 5.98. The van der Waals surface area contributed by atoms with Crippen molar-refractivity contribution in [3.63, 3.8) is 0 Å². The van der Waals surface area contributed by atoms with Crippen LogP contribution in [0.15, 0.2) is 30.5 Å². The van der Waals surface area contributed by atoms with Gasteiger partial charge in [0.25, 0.3) is 5.91 Å². The van der Waals surface area contributed by atoms with Gasteiger partial charge in [0.15, 0.2) is 0 Å². The third-order valence-electron chi connectivity index (χ3n) is 4.63. The van der Waals surface area contributed by atoms with Gasteiger partial charge < -0.3 is 19.8 Å². The molecule has 2 N–H and O–H groups in total. The fraction of sp³-hybridized carbons (Fsp3) is 0.471. The molecule has 3 atom stereocenters. The van der Waals surface area contributed by atoms with Crippen LogP contribution < -0.4 is 5.32 Å². The average Bonchev–Trinajstić information content (AvgIpc) is 3.02. The molecule has 0 bridgehead atoms. The van der Waals surface area contributed by atoms with Crippen LogP contribution in [-0.4, -0.2) is 42.4 Å². The van der Waals surface area contributed by atoms with Gasteiger partial charge in [-0.2, -0.15) is 0 Å². The number of hydrogen-bond donors (Lipinski definition) is 2. The number of ether oxygens (including phenoxy) is 2. The maximum Gasteiger partial charge on any atom is 0.251 e. The zero-order chi connectivity index (χ0) is 14.9. The Labute approximate surface area is 129 Å². The standard InChI is InChI=1S/C17H20N2O3/c20-17(12-2-1-11-5-6-18-14(11)9-12)19-13-3-4-15-16(10-13)22-8-7-21-15/h1-2,5-6,9,13,15-16,18H,3-4,7-8,10H2,(H,19,20). The number of nitrogens with one attached hydrogen (secondary N) is 2. The van der Waals surface area contributed by atoms with E-state index in [2.05, 4.69) is 10.3 Å². The summed E-state index contributed by atoms with van der Waals surface area (Å²) < 4.78 is 11.5. The molecule has 1 amide bonds. The van der Waals surface area contributed by atoms with Gasteiger partial charge in [0.05, 0.1) is 25.4 Å². The van der Waals surface area contributed by atoms with Crippen molar-refractivity contribution in [3.8, 4) is 0 Å². The lowest BCUT2D eigenvalue weighted by molar-refractivity contribution is -0.157. The number of carbonyl (C=O) groups is 1. The summed E-state index contributed by atoms with van der Waals surface area (Å²) in [7, 11) is 0. The molecule has 1 saturated carbocycles. The van der Waals surface area contributed by atoms with Crippen molar-refractivity contribution in [1.82, 2.24) is 10.3 Å². The van der Waals surface area contributed by atoms with E-state index in [0.717, 1.165) is 30.2 Å². The maximum absolute atomic E-state index is 12.4. The van der Waals surface area contributed by atoms with E-state index >= 15 is 0 Å². The Morgan fingerprint density at radius 3 is 2.91 bits per heavy atom. The molecular formula is C17H20N2O3. The second-order valence-corrected chi connectivity index (χ2v) is 6.08. The third kappa shape index (κ3) is 2.62. The first kappa shape index (κ1) is 13.8. The van der Waals surface area contributed by atoms with Crippen molar-refractivity contribution in [3.05, 3.63) is 36.0 Å². The Kier molecular flexibility index (Phi) is 3.60. The summed E-state index contributed by atoms with van der Waals surface area (Å²) in [5, 5.41) is 4.25. The summed E-state index contributed by atoms with van der Waals surface area (Å²) in [6, 6.07) is 7.90. The average molecular weight is 300 g/mol. The number of amides is 1. The zero-order valence-corrected chi connectivity index (χ0v) is 12.4. The van der Waals surface area contributed by atoms with Crippen molar-refractivity contribution in [2.45, 2.75) is 37.5 Å². The Morgan fingerprint density at radius 2 is 2.00 bits per heavy atom. The van der Waals surface area contributed by atoms with Gasteiger partial charge in [-0.3, -0.25) is 4.79 Å². The van der Waals surface area contributed by atoms with E-state index in [1.54, 1.807) is 0 Å². The Bertz CT molecular complexity index is 681. The predicted octanol–water partition coefficient (Wildman–Crippen LogP) is 2.23. The first-order chi connectivity index (χ1) is 10.8. The molecule has 22 heavy (non-hydrogen) atoms. The van der Waals surface area contributed by atoms with Crippen LogP contribution in [0.25, 0.3) is 10.9 Å². The molecular weight excluding hydrogens is 280 g/mol. The molecule has 1 aromatic carbocycles. The molecule has 2 aromatic rings. The second-order valence-electron chi connectivity index (χ2n) is 6.08. The minimum Gasteiger partial charge on any atom is -0.373 e. The largest absolute Gasteiger partial charge is 0.373 e. The van der Waals surface area contributed by atoms with Crippen LogP contribution in [0.5, 0.6) is 0 Å². The molecule has 1 saturated heterocycles. The molecule has 4 rings (SSSR count). The van der Waals surface area contributed by atoms with Crippen LogP contribution in [-0.2, 0) is 9.47 Å². The number of H-pyrrole nitrogens is 1. The zero-order valence-electron chi connectivity index (χ0n) is 12.4. The number of fused-ring (bicyclic) bond motifs is 2. The predicted molar refractivity (Wildman–Crippen MR) is 82.9 cm³/mol. The summed E-state index contributed by atoms with van der Waals surface area (Å²) in [5.41, 5.74) is 1.68. The van der Waals surface area contributed by atoms with Gasteiger partial charge >= 0.3 is 0 Å². The number of aromatic amines is 1. The number of carbonyl (C=O) groups excluding carboxylic acids is 1. The molecule has 2 aliphatic rings. The van der Waals surface area contributed by atoms with E-state index in [4.69, 9.17) is 9.47 Å². The molecule has 2 heterocycles. The molecule has 1 aromatic heterocycles. The van der Waals surface area contributed by atoms with E-state index < -0.39 is 0 Å². The smallest absolute Gasteiger partial charge is 0.251 e. The third-order valence-corrected chi connectivity index (χ3v) is 4.63. The van der Waals surface area contributed by atoms with Crippen LogP contribution in [0.2, 0.25) is 0 Å². The number of benzene rings is 1. The van der Waals surface area contributed by atoms with Crippen molar-refractivity contribution in [2.75, 3.05) is 13.2 Å². The highest BCUT2D eigenvalue weighted by Crippen LogP contribution is 2.27. The topological polar surface area (TPSA) is 63.4 Å². The summed E-state index contributed by atoms with van der Waals surface area (Å²) in [6.45, 7) is 1.35. The molecule has 0 spiro atoms. The van der Waals surface area contributed by atoms with Gasteiger partial charge in [-0.25, -0.2) is 0 Å². The minimum atomic E-state index is -0.0170. The highest BCUT2D eigenvalue weighted by Gasteiger charge is 2.34. The lowest BCUT2D eigenvalue weighted by atomic mass is 9.89. The number of hydrogen-bond acceptors (Lipinski definition) is 3. The Morgan fingerprint density at radius 1 is 1.14 bits per heavy atom. The lowest BCUT2D eigenvalue weighted by Gasteiger charge is -2.39. The number of rotatable bonds is 2. The summed E-state index contributed by atoms with van der Waals surface area (Å²) >= 11 is 0. The van der Waals surface area contributed by atoms with E-state index in [0.29, 0.717) is 18.8 Å². The van der Waals surface area contributed by atoms with E-state index in [9.17, 15) is 4.79 Å². The summed E-state index contributed by atoms with van der Waals surface area (Å²) in [6.07, 6.45) is 4.94. The fourth-order valence-electron chi connectivity index (χ4n) is 3.46. The molecule has 2 fully saturated rings. The summed E-state index contributed by atoms with van der Waals surface area (Å²) in [5.74, 6) is -0.0170. The van der Waals surface area contributed by atoms with Crippen molar-refractivity contribution < 1.29 is 14.3 Å². The fourth-order valence-corrected chi connectivity index (χ4v) is 3.46. The number of aromatic nitrogens is 1. The van der Waals surface area contributed by atoms with E-state index in [1.165, 1.54) is 0 Å². The first-order valence-electron chi connectivity index (χ1n) is 7.91. The molecule has 1 aliphatic carbocycles. The van der Waals surface area contributed by atoms with Gasteiger partial charge in [-0.05, 0) is 42.8 Å². The van der Waals surface area contributed by atoms with Crippen LogP contribution in [0.4, 0.5) is 0 Å². The molecule has 116 valence electrons. The molecule has 1 aliphatic heterocycles. The molecule has 5 heteroatoms. The monoisotopic (exact) mass is 300 g/mol. The van der Waals surface area contributed by atoms with Gasteiger partial charge in [-0.1, -0.05) is 6.07 Å². The molecule has 5 nitrogen and oxygen atoms in total. The van der Waals surface area contributed by atoms with Crippen LogP contribution in [0.1, 0.15) is 29.6 Å². The normalized spacial score (nSPS) is 28.3. The molecule has 0 radical (unpaired) electrons. The van der Waals surface area contributed by atoms with E-state index in [-0.39, 0.29) is 24.2 Å². The Balaban J connectivity index is 1.43. The van der Waals surface area contributed by atoms with Crippen LogP contribution in [0.3, 0.4) is 0 Å². The van der Waals surface area contributed by atoms with Crippen molar-refractivity contribution >= 4 is 16.8 Å². The SMILES string of the molecule is O=C(NC1CCC2OCCOC2C1)c1ccc2cc[nH]c2c1. The van der Waals surface area contributed by atoms with E-state index in [1.807, 2.05) is 30.5 Å². The van der Waals surface area contributed by atoms with Crippen molar-refractivity contribution in [1.29, 1.82) is 0 Å². The van der Waals surface area contributed by atoms with Gasteiger partial charge in [-0.15, -0.1) is 0 Å². The summed E-state index contributed by atoms with van der Waals surface area (Å²) in [4.78, 5) is 15.6. The second kappa shape index (κ2) is 5.74. The van der Waals surface area contributed by atoms with Crippen LogP contribution >= 0.6 is 0 Å². The van der Waals surface area contributed by atoms with Gasteiger partial charge in [0.2, 0.25) is 0 Å². The first-order valence-corrected chi connectivity index (χ1v) is 7.91. The van der Waals surface area contributed by atoms with Crippen molar-refractivity contribution in [2.24, 2.45) is 0 Å². The highest BCUT2D eigenvalue weighted by atomic mass is 16.6. The maximum atomic E-state index is 12.4.